The summed E-state index contributed by atoms with van der Waals surface area (Å²) >= 11 is 0. The van der Waals surface area contributed by atoms with Crippen molar-refractivity contribution in [2.75, 3.05) is 7.11 Å². The lowest BCUT2D eigenvalue weighted by molar-refractivity contribution is 0.399. The van der Waals surface area contributed by atoms with Crippen LogP contribution >= 0.6 is 12.4 Å². The van der Waals surface area contributed by atoms with Crippen molar-refractivity contribution in [3.63, 3.8) is 0 Å². The van der Waals surface area contributed by atoms with Gasteiger partial charge in [0.25, 0.3) is 5.56 Å². The SMILES string of the molecule is CO.Cl.O=c1cnc2ccccc2[nH]1. The van der Waals surface area contributed by atoms with E-state index in [1.165, 1.54) is 6.20 Å². The van der Waals surface area contributed by atoms with Crippen molar-refractivity contribution in [2.45, 2.75) is 0 Å². The number of aliphatic hydroxyl groups excluding tert-OH is 1. The molecule has 0 saturated heterocycles. The average Bonchev–Trinajstić information content (AvgIpc) is 2.21. The van der Waals surface area contributed by atoms with E-state index < -0.39 is 0 Å². The second-order valence-corrected chi connectivity index (χ2v) is 2.26. The molecule has 76 valence electrons. The van der Waals surface area contributed by atoms with Gasteiger partial charge in [-0.2, -0.15) is 0 Å². The number of benzene rings is 1. The summed E-state index contributed by atoms with van der Waals surface area (Å²) in [5.41, 5.74) is 1.43. The van der Waals surface area contributed by atoms with E-state index in [0.717, 1.165) is 18.1 Å². The molecule has 1 aromatic heterocycles. The molecule has 0 aliphatic rings. The summed E-state index contributed by atoms with van der Waals surface area (Å²) < 4.78 is 0. The Balaban J connectivity index is 0.000000531. The van der Waals surface area contributed by atoms with Crippen molar-refractivity contribution < 1.29 is 5.11 Å². The zero-order valence-corrected chi connectivity index (χ0v) is 8.41. The Morgan fingerprint density at radius 1 is 1.29 bits per heavy atom. The molecule has 4 nitrogen and oxygen atoms in total. The summed E-state index contributed by atoms with van der Waals surface area (Å²) in [4.78, 5) is 17.4. The van der Waals surface area contributed by atoms with Crippen LogP contribution in [-0.4, -0.2) is 22.2 Å². The van der Waals surface area contributed by atoms with Gasteiger partial charge >= 0.3 is 0 Å². The van der Waals surface area contributed by atoms with Gasteiger partial charge in [-0.1, -0.05) is 12.1 Å². The van der Waals surface area contributed by atoms with Crippen LogP contribution in [0.4, 0.5) is 0 Å². The molecule has 1 aromatic carbocycles. The first-order valence-electron chi connectivity index (χ1n) is 3.75. The van der Waals surface area contributed by atoms with Gasteiger partial charge in [-0.25, -0.2) is 4.98 Å². The Morgan fingerprint density at radius 2 is 1.93 bits per heavy atom. The minimum atomic E-state index is -0.163. The number of nitrogens with one attached hydrogen (secondary N) is 1. The van der Waals surface area contributed by atoms with Crippen LogP contribution in [0.15, 0.2) is 35.3 Å². The molecule has 1 heterocycles. The molecule has 0 aliphatic heterocycles. The predicted octanol–water partition coefficient (Wildman–Crippen LogP) is 0.953. The highest BCUT2D eigenvalue weighted by atomic mass is 35.5. The highest BCUT2D eigenvalue weighted by Gasteiger charge is 1.90. The molecule has 0 amide bonds. The smallest absolute Gasteiger partial charge is 0.266 e. The average molecular weight is 215 g/mol. The fourth-order valence-corrected chi connectivity index (χ4v) is 0.985. The Morgan fingerprint density at radius 3 is 2.64 bits per heavy atom. The van der Waals surface area contributed by atoms with Gasteiger partial charge in [0.15, 0.2) is 0 Å². The highest BCUT2D eigenvalue weighted by molar-refractivity contribution is 5.85. The largest absolute Gasteiger partial charge is 0.400 e. The normalized spacial score (nSPS) is 8.43. The number of fused-ring (bicyclic) bond motifs is 1. The van der Waals surface area contributed by atoms with E-state index in [1.807, 2.05) is 24.3 Å². The molecule has 5 heteroatoms. The third kappa shape index (κ3) is 2.83. The number of aromatic nitrogens is 2. The summed E-state index contributed by atoms with van der Waals surface area (Å²) in [5, 5.41) is 7.00. The van der Waals surface area contributed by atoms with Crippen LogP contribution in [0.3, 0.4) is 0 Å². The number of hydrogen-bond donors (Lipinski definition) is 2. The van der Waals surface area contributed by atoms with Crippen molar-refractivity contribution in [2.24, 2.45) is 0 Å². The van der Waals surface area contributed by atoms with Crippen LogP contribution in [0.25, 0.3) is 11.0 Å². The van der Waals surface area contributed by atoms with Crippen LogP contribution in [-0.2, 0) is 0 Å². The Hall–Kier alpha value is -1.39. The van der Waals surface area contributed by atoms with E-state index in [2.05, 4.69) is 9.97 Å². The molecule has 0 bridgehead atoms. The third-order valence-corrected chi connectivity index (χ3v) is 1.48. The van der Waals surface area contributed by atoms with Gasteiger partial charge in [0.1, 0.15) is 0 Å². The zero-order chi connectivity index (χ0) is 9.68. The topological polar surface area (TPSA) is 66.0 Å². The fraction of sp³-hybridized carbons (Fsp3) is 0.111. The number of hydrogen-bond acceptors (Lipinski definition) is 3. The number of para-hydroxylation sites is 2. The van der Waals surface area contributed by atoms with E-state index in [0.29, 0.717) is 0 Å². The molecule has 2 N–H and O–H groups in total. The van der Waals surface area contributed by atoms with Gasteiger partial charge in [-0.15, -0.1) is 12.4 Å². The van der Waals surface area contributed by atoms with Gasteiger partial charge < -0.3 is 10.1 Å². The third-order valence-electron chi connectivity index (χ3n) is 1.48. The Labute approximate surface area is 87.0 Å². The highest BCUT2D eigenvalue weighted by Crippen LogP contribution is 2.02. The van der Waals surface area contributed by atoms with Gasteiger partial charge in [-0.3, -0.25) is 4.79 Å². The van der Waals surface area contributed by atoms with Crippen LogP contribution in [0, 0.1) is 0 Å². The summed E-state index contributed by atoms with van der Waals surface area (Å²) in [6.45, 7) is 0. The van der Waals surface area contributed by atoms with Gasteiger partial charge in [0, 0.05) is 7.11 Å². The zero-order valence-electron chi connectivity index (χ0n) is 7.60. The molecule has 0 aliphatic carbocycles. The second kappa shape index (κ2) is 6.12. The lowest BCUT2D eigenvalue weighted by atomic mass is 10.3. The van der Waals surface area contributed by atoms with Gasteiger partial charge in [0.2, 0.25) is 0 Å². The second-order valence-electron chi connectivity index (χ2n) is 2.26. The summed E-state index contributed by atoms with van der Waals surface area (Å²) in [6, 6.07) is 7.42. The quantitative estimate of drug-likeness (QED) is 0.686. The van der Waals surface area contributed by atoms with Crippen LogP contribution < -0.4 is 5.56 Å². The van der Waals surface area contributed by atoms with Crippen molar-refractivity contribution >= 4 is 23.4 Å². The molecule has 0 radical (unpaired) electrons. The lowest BCUT2D eigenvalue weighted by Crippen LogP contribution is -2.04. The molecule has 0 saturated carbocycles. The van der Waals surface area contributed by atoms with Crippen LogP contribution in [0.1, 0.15) is 0 Å². The molecular weight excluding hydrogens is 204 g/mol. The van der Waals surface area contributed by atoms with Crippen molar-refractivity contribution in [1.29, 1.82) is 0 Å². The molecular formula is C9H11ClN2O2. The maximum atomic E-state index is 10.8. The summed E-state index contributed by atoms with van der Waals surface area (Å²) in [7, 11) is 1.00. The Bertz CT molecular complexity index is 442. The van der Waals surface area contributed by atoms with Crippen molar-refractivity contribution in [3.8, 4) is 0 Å². The monoisotopic (exact) mass is 214 g/mol. The molecule has 0 fully saturated rings. The van der Waals surface area contributed by atoms with Gasteiger partial charge in [-0.05, 0) is 12.1 Å². The number of H-pyrrole nitrogens is 1. The minimum Gasteiger partial charge on any atom is -0.400 e. The Kier molecular flexibility index (Phi) is 5.52. The standard InChI is InChI=1S/C8H6N2O.CH4O.ClH/c11-8-5-9-6-3-1-2-4-7(6)10-8;1-2;/h1-5H,(H,10,11);2H,1H3;1H. The van der Waals surface area contributed by atoms with E-state index in [9.17, 15) is 4.79 Å². The first kappa shape index (κ1) is 12.6. The fourth-order valence-electron chi connectivity index (χ4n) is 0.985. The number of aromatic amines is 1. The van der Waals surface area contributed by atoms with Crippen molar-refractivity contribution in [1.82, 2.24) is 9.97 Å². The first-order chi connectivity index (χ1) is 6.36. The van der Waals surface area contributed by atoms with E-state index in [-0.39, 0.29) is 18.0 Å². The minimum absolute atomic E-state index is 0. The van der Waals surface area contributed by atoms with Crippen LogP contribution in [0.5, 0.6) is 0 Å². The number of rotatable bonds is 0. The van der Waals surface area contributed by atoms with Crippen LogP contribution in [0.2, 0.25) is 0 Å². The maximum Gasteiger partial charge on any atom is 0.266 e. The predicted molar refractivity (Wildman–Crippen MR) is 57.8 cm³/mol. The molecule has 2 aromatic rings. The molecule has 0 unspecified atom stereocenters. The molecule has 0 atom stereocenters. The summed E-state index contributed by atoms with van der Waals surface area (Å²) in [6.07, 6.45) is 1.28. The first-order valence-corrected chi connectivity index (χ1v) is 3.75. The molecule has 14 heavy (non-hydrogen) atoms. The van der Waals surface area contributed by atoms with E-state index in [4.69, 9.17) is 5.11 Å². The lowest BCUT2D eigenvalue weighted by Gasteiger charge is -1.92. The number of halogens is 1. The number of nitrogens with zero attached hydrogens (tertiary/aromatic N) is 1. The molecule has 2 rings (SSSR count). The maximum absolute atomic E-state index is 10.8. The van der Waals surface area contributed by atoms with Gasteiger partial charge in [0.05, 0.1) is 17.2 Å². The summed E-state index contributed by atoms with van der Waals surface area (Å²) in [5.74, 6) is 0. The molecule has 0 spiro atoms. The van der Waals surface area contributed by atoms with Crippen molar-refractivity contribution in [3.05, 3.63) is 40.8 Å². The number of aliphatic hydroxyl groups is 1. The van der Waals surface area contributed by atoms with E-state index >= 15 is 0 Å². The van der Waals surface area contributed by atoms with E-state index in [1.54, 1.807) is 0 Å².